The van der Waals surface area contributed by atoms with E-state index in [2.05, 4.69) is 15.6 Å². The number of nitrogens with zero attached hydrogens (tertiary/aromatic N) is 5. The van der Waals surface area contributed by atoms with Crippen molar-refractivity contribution in [3.05, 3.63) is 120 Å². The summed E-state index contributed by atoms with van der Waals surface area (Å²) < 4.78 is 1.58. The van der Waals surface area contributed by atoms with Crippen LogP contribution in [0.1, 0.15) is 22.7 Å². The molecule has 1 aromatic heterocycles. The van der Waals surface area contributed by atoms with Gasteiger partial charge in [0, 0.05) is 32.0 Å². The number of nitrogens with one attached hydrogen (secondary N) is 1. The van der Waals surface area contributed by atoms with Crippen LogP contribution in [0.3, 0.4) is 0 Å². The maximum absolute atomic E-state index is 14.1. The van der Waals surface area contributed by atoms with Crippen molar-refractivity contribution in [1.82, 2.24) is 19.9 Å². The number of hydrogen-bond acceptors (Lipinski definition) is 5. The SMILES string of the molecule is Cc1ccc(C(C(=O)Nc2ccc(N(C)C)cc2)N(Cc2ccccc2)C(=O)Cn2nnc3ccccc32)cc1. The van der Waals surface area contributed by atoms with E-state index in [9.17, 15) is 9.59 Å². The predicted octanol–water partition coefficient (Wildman–Crippen LogP) is 5.21. The molecule has 0 fully saturated rings. The van der Waals surface area contributed by atoms with E-state index >= 15 is 0 Å². The molecule has 0 aliphatic rings. The normalized spacial score (nSPS) is 11.7. The molecule has 0 bridgehead atoms. The molecule has 40 heavy (non-hydrogen) atoms. The van der Waals surface area contributed by atoms with Gasteiger partial charge in [-0.1, -0.05) is 77.5 Å². The Labute approximate surface area is 233 Å². The van der Waals surface area contributed by atoms with Crippen LogP contribution in [0.2, 0.25) is 0 Å². The fourth-order valence-electron chi connectivity index (χ4n) is 4.63. The van der Waals surface area contributed by atoms with Crippen LogP contribution in [0.25, 0.3) is 11.0 Å². The number of fused-ring (bicyclic) bond motifs is 1. The van der Waals surface area contributed by atoms with E-state index in [1.807, 2.05) is 129 Å². The molecule has 1 unspecified atom stereocenters. The smallest absolute Gasteiger partial charge is 0.251 e. The van der Waals surface area contributed by atoms with Crippen LogP contribution in [0.5, 0.6) is 0 Å². The standard InChI is InChI=1S/C32H32N6O2/c1-23-13-15-25(16-14-23)31(32(40)33-26-17-19-27(20-18-26)36(2)3)37(21-24-9-5-4-6-10-24)30(39)22-38-29-12-8-7-11-28(29)34-35-38/h4-20,31H,21-22H2,1-3H3,(H,33,40). The van der Waals surface area contributed by atoms with Crippen LogP contribution in [-0.2, 0) is 22.7 Å². The van der Waals surface area contributed by atoms with Crippen LogP contribution in [0.15, 0.2) is 103 Å². The second-order valence-corrected chi connectivity index (χ2v) is 9.99. The predicted molar refractivity (Wildman–Crippen MR) is 158 cm³/mol. The van der Waals surface area contributed by atoms with E-state index in [1.54, 1.807) is 9.58 Å². The highest BCUT2D eigenvalue weighted by Crippen LogP contribution is 2.27. The first kappa shape index (κ1) is 26.6. The number of anilines is 2. The summed E-state index contributed by atoms with van der Waals surface area (Å²) in [7, 11) is 3.93. The third-order valence-electron chi connectivity index (χ3n) is 6.83. The lowest BCUT2D eigenvalue weighted by Crippen LogP contribution is -2.42. The summed E-state index contributed by atoms with van der Waals surface area (Å²) >= 11 is 0. The highest BCUT2D eigenvalue weighted by atomic mass is 16.2. The Balaban J connectivity index is 1.52. The first-order chi connectivity index (χ1) is 19.4. The van der Waals surface area contributed by atoms with Crippen LogP contribution < -0.4 is 10.2 Å². The summed E-state index contributed by atoms with van der Waals surface area (Å²) in [5.41, 5.74) is 5.85. The van der Waals surface area contributed by atoms with Crippen molar-refractivity contribution in [2.75, 3.05) is 24.3 Å². The minimum absolute atomic E-state index is 0.0550. The fourth-order valence-corrected chi connectivity index (χ4v) is 4.63. The molecule has 1 N–H and O–H groups in total. The van der Waals surface area contributed by atoms with Gasteiger partial charge < -0.3 is 15.1 Å². The maximum Gasteiger partial charge on any atom is 0.251 e. The van der Waals surface area contributed by atoms with Crippen molar-refractivity contribution in [3.8, 4) is 0 Å². The highest BCUT2D eigenvalue weighted by molar-refractivity contribution is 5.98. The molecule has 5 aromatic rings. The molecule has 1 heterocycles. The lowest BCUT2D eigenvalue weighted by atomic mass is 10.0. The molecule has 5 rings (SSSR count). The Kier molecular flexibility index (Phi) is 7.87. The Bertz CT molecular complexity index is 1590. The van der Waals surface area contributed by atoms with E-state index in [0.29, 0.717) is 11.2 Å². The number of benzene rings is 4. The molecule has 0 aliphatic heterocycles. The number of aryl methyl sites for hydroxylation is 1. The average molecular weight is 533 g/mol. The number of para-hydroxylation sites is 1. The Morgan fingerprint density at radius 3 is 2.23 bits per heavy atom. The van der Waals surface area contributed by atoms with Crippen LogP contribution in [0, 0.1) is 6.92 Å². The number of hydrogen-bond donors (Lipinski definition) is 1. The Morgan fingerprint density at radius 1 is 0.850 bits per heavy atom. The minimum Gasteiger partial charge on any atom is -0.378 e. The van der Waals surface area contributed by atoms with E-state index in [1.165, 1.54) is 0 Å². The van der Waals surface area contributed by atoms with Crippen molar-refractivity contribution < 1.29 is 9.59 Å². The van der Waals surface area contributed by atoms with Gasteiger partial charge in [-0.05, 0) is 54.4 Å². The molecule has 8 heteroatoms. The second-order valence-electron chi connectivity index (χ2n) is 9.99. The van der Waals surface area contributed by atoms with Gasteiger partial charge in [0.15, 0.2) is 0 Å². The summed E-state index contributed by atoms with van der Waals surface area (Å²) in [5, 5.41) is 11.5. The van der Waals surface area contributed by atoms with Crippen molar-refractivity contribution in [2.45, 2.75) is 26.1 Å². The number of aromatic nitrogens is 3. The highest BCUT2D eigenvalue weighted by Gasteiger charge is 2.32. The van der Waals surface area contributed by atoms with Gasteiger partial charge in [-0.15, -0.1) is 5.10 Å². The molecule has 0 spiro atoms. The van der Waals surface area contributed by atoms with Crippen LogP contribution >= 0.6 is 0 Å². The van der Waals surface area contributed by atoms with E-state index in [-0.39, 0.29) is 24.9 Å². The van der Waals surface area contributed by atoms with Crippen LogP contribution in [0.4, 0.5) is 11.4 Å². The number of carbonyl (C=O) groups is 2. The lowest BCUT2D eigenvalue weighted by molar-refractivity contribution is -0.140. The maximum atomic E-state index is 14.1. The quantitative estimate of drug-likeness (QED) is 0.282. The first-order valence-corrected chi connectivity index (χ1v) is 13.2. The number of rotatable bonds is 9. The molecular weight excluding hydrogens is 500 g/mol. The van der Waals surface area contributed by atoms with Gasteiger partial charge in [-0.2, -0.15) is 0 Å². The minimum atomic E-state index is -0.878. The zero-order valence-electron chi connectivity index (χ0n) is 22.9. The zero-order chi connectivity index (χ0) is 28.1. The Hall–Kier alpha value is -4.98. The van der Waals surface area contributed by atoms with Gasteiger partial charge in [0.1, 0.15) is 18.1 Å². The monoisotopic (exact) mass is 532 g/mol. The lowest BCUT2D eigenvalue weighted by Gasteiger charge is -2.32. The molecule has 0 saturated heterocycles. The summed E-state index contributed by atoms with van der Waals surface area (Å²) in [6, 6.07) is 31.7. The molecular formula is C32H32N6O2. The third-order valence-corrected chi connectivity index (χ3v) is 6.83. The summed E-state index contributed by atoms with van der Waals surface area (Å²) in [6.07, 6.45) is 0. The molecule has 0 aliphatic carbocycles. The summed E-state index contributed by atoms with van der Waals surface area (Å²) in [6.45, 7) is 2.19. The molecule has 0 saturated carbocycles. The van der Waals surface area contributed by atoms with Crippen LogP contribution in [-0.4, -0.2) is 45.8 Å². The Morgan fingerprint density at radius 2 is 1.52 bits per heavy atom. The van der Waals surface area contributed by atoms with Gasteiger partial charge in [-0.3, -0.25) is 9.59 Å². The molecule has 0 radical (unpaired) electrons. The molecule has 1 atom stereocenters. The summed E-state index contributed by atoms with van der Waals surface area (Å²) in [5.74, 6) is -0.544. The average Bonchev–Trinajstić information content (AvgIpc) is 3.37. The van der Waals surface area contributed by atoms with Gasteiger partial charge in [0.25, 0.3) is 5.91 Å². The van der Waals surface area contributed by atoms with Crippen molar-refractivity contribution in [2.24, 2.45) is 0 Å². The van der Waals surface area contributed by atoms with Gasteiger partial charge in [0.05, 0.1) is 5.52 Å². The van der Waals surface area contributed by atoms with E-state index in [0.717, 1.165) is 27.9 Å². The third kappa shape index (κ3) is 6.02. The number of carbonyl (C=O) groups excluding carboxylic acids is 2. The molecule has 202 valence electrons. The first-order valence-electron chi connectivity index (χ1n) is 13.2. The largest absolute Gasteiger partial charge is 0.378 e. The zero-order valence-corrected chi connectivity index (χ0v) is 22.9. The van der Waals surface area contributed by atoms with Crippen molar-refractivity contribution >= 4 is 34.2 Å². The van der Waals surface area contributed by atoms with Gasteiger partial charge in [-0.25, -0.2) is 4.68 Å². The van der Waals surface area contributed by atoms with E-state index < -0.39 is 6.04 Å². The van der Waals surface area contributed by atoms with Crippen molar-refractivity contribution in [1.29, 1.82) is 0 Å². The topological polar surface area (TPSA) is 83.4 Å². The van der Waals surface area contributed by atoms with Gasteiger partial charge in [0.2, 0.25) is 5.91 Å². The second kappa shape index (κ2) is 11.8. The van der Waals surface area contributed by atoms with E-state index in [4.69, 9.17) is 0 Å². The molecule has 2 amide bonds. The fraction of sp³-hybridized carbons (Fsp3) is 0.188. The van der Waals surface area contributed by atoms with Crippen molar-refractivity contribution in [3.63, 3.8) is 0 Å². The molecule has 8 nitrogen and oxygen atoms in total. The number of amides is 2. The molecule has 4 aromatic carbocycles. The summed E-state index contributed by atoms with van der Waals surface area (Å²) in [4.78, 5) is 31.7. The van der Waals surface area contributed by atoms with Gasteiger partial charge >= 0.3 is 0 Å².